The average molecular weight is 279 g/mol. The molecule has 104 valence electrons. The third-order valence-corrected chi connectivity index (χ3v) is 3.90. The number of rotatable bonds is 1. The summed E-state index contributed by atoms with van der Waals surface area (Å²) in [4.78, 5) is 0. The molecular weight excluding hydrogens is 260 g/mol. The molecule has 6 heteroatoms. The lowest BCUT2D eigenvalue weighted by atomic mass is 10.1. The van der Waals surface area contributed by atoms with Crippen LogP contribution < -0.4 is 0 Å². The van der Waals surface area contributed by atoms with Gasteiger partial charge < -0.3 is 23.7 Å². The molecule has 5 nitrogen and oxygen atoms in total. The summed E-state index contributed by atoms with van der Waals surface area (Å²) in [6.07, 6.45) is -1.11. The Balaban J connectivity index is 1.68. The minimum Gasteiger partial charge on any atom is -0.348 e. The van der Waals surface area contributed by atoms with Gasteiger partial charge in [0.1, 0.15) is 18.3 Å². The molecule has 0 aromatic rings. The van der Waals surface area contributed by atoms with Gasteiger partial charge in [-0.2, -0.15) is 0 Å². The molecule has 0 amide bonds. The van der Waals surface area contributed by atoms with Gasteiger partial charge in [-0.15, -0.1) is 11.6 Å². The fourth-order valence-corrected chi connectivity index (χ4v) is 3.06. The van der Waals surface area contributed by atoms with Gasteiger partial charge in [0.2, 0.25) is 0 Å². The van der Waals surface area contributed by atoms with Crippen LogP contribution >= 0.6 is 11.6 Å². The molecule has 3 aliphatic rings. The Hall–Kier alpha value is 0.0900. The highest BCUT2D eigenvalue weighted by atomic mass is 35.5. The lowest BCUT2D eigenvalue weighted by molar-refractivity contribution is -0.220. The van der Waals surface area contributed by atoms with Crippen LogP contribution in [0.5, 0.6) is 0 Å². The first-order valence-corrected chi connectivity index (χ1v) is 6.68. The largest absolute Gasteiger partial charge is 0.348 e. The Morgan fingerprint density at radius 2 is 1.67 bits per heavy atom. The third-order valence-electron chi connectivity index (χ3n) is 3.40. The zero-order valence-corrected chi connectivity index (χ0v) is 11.8. The summed E-state index contributed by atoms with van der Waals surface area (Å²) in [5.74, 6) is -1.22. The Morgan fingerprint density at radius 3 is 2.22 bits per heavy atom. The van der Waals surface area contributed by atoms with Crippen molar-refractivity contribution in [3.8, 4) is 0 Å². The molecule has 5 atom stereocenters. The van der Waals surface area contributed by atoms with Crippen molar-refractivity contribution in [2.24, 2.45) is 0 Å². The van der Waals surface area contributed by atoms with Crippen molar-refractivity contribution in [3.05, 3.63) is 0 Å². The molecule has 0 aliphatic carbocycles. The molecular formula is C12H19ClO5. The molecule has 3 fully saturated rings. The van der Waals surface area contributed by atoms with E-state index in [2.05, 4.69) is 0 Å². The number of alkyl halides is 1. The molecule has 0 N–H and O–H groups in total. The highest BCUT2D eigenvalue weighted by molar-refractivity contribution is 6.21. The molecule has 3 rings (SSSR count). The smallest absolute Gasteiger partial charge is 0.189 e. The molecule has 3 heterocycles. The Kier molecular flexibility index (Phi) is 2.94. The molecule has 0 aromatic heterocycles. The van der Waals surface area contributed by atoms with E-state index in [-0.39, 0.29) is 23.7 Å². The van der Waals surface area contributed by atoms with Crippen molar-refractivity contribution in [1.29, 1.82) is 0 Å². The van der Waals surface area contributed by atoms with Gasteiger partial charge in [0.05, 0.1) is 12.0 Å². The van der Waals surface area contributed by atoms with Crippen LogP contribution in [0.15, 0.2) is 0 Å². The summed E-state index contributed by atoms with van der Waals surface area (Å²) >= 11 is 6.41. The van der Waals surface area contributed by atoms with Gasteiger partial charge in [-0.25, -0.2) is 0 Å². The topological polar surface area (TPSA) is 46.2 Å². The van der Waals surface area contributed by atoms with Gasteiger partial charge in [-0.05, 0) is 27.7 Å². The molecule has 0 aromatic carbocycles. The maximum Gasteiger partial charge on any atom is 0.189 e. The molecule has 0 radical (unpaired) electrons. The highest BCUT2D eigenvalue weighted by Crippen LogP contribution is 2.42. The van der Waals surface area contributed by atoms with Crippen molar-refractivity contribution >= 4 is 11.6 Å². The van der Waals surface area contributed by atoms with E-state index >= 15 is 0 Å². The van der Waals surface area contributed by atoms with Crippen LogP contribution in [0.25, 0.3) is 0 Å². The zero-order chi connectivity index (χ0) is 13.1. The van der Waals surface area contributed by atoms with Gasteiger partial charge >= 0.3 is 0 Å². The molecule has 0 bridgehead atoms. The maximum atomic E-state index is 6.41. The molecule has 0 spiro atoms. The Morgan fingerprint density at radius 1 is 0.944 bits per heavy atom. The Labute approximate surface area is 112 Å². The van der Waals surface area contributed by atoms with E-state index in [9.17, 15) is 0 Å². The van der Waals surface area contributed by atoms with E-state index in [1.165, 1.54) is 0 Å². The first-order valence-electron chi connectivity index (χ1n) is 6.24. The number of hydrogen-bond donors (Lipinski definition) is 0. The van der Waals surface area contributed by atoms with Crippen LogP contribution in [-0.4, -0.2) is 48.2 Å². The quantitative estimate of drug-likeness (QED) is 0.682. The normalized spacial score (nSPS) is 49.5. The van der Waals surface area contributed by atoms with Crippen LogP contribution in [0.1, 0.15) is 27.7 Å². The van der Waals surface area contributed by atoms with E-state index in [1.807, 2.05) is 27.7 Å². The van der Waals surface area contributed by atoms with E-state index in [0.29, 0.717) is 6.61 Å². The Bertz CT molecular complexity index is 345. The lowest BCUT2D eigenvalue weighted by Crippen LogP contribution is -2.39. The van der Waals surface area contributed by atoms with Gasteiger partial charge in [0.15, 0.2) is 17.9 Å². The summed E-state index contributed by atoms with van der Waals surface area (Å²) in [6.45, 7) is 7.94. The van der Waals surface area contributed by atoms with Gasteiger partial charge in [0.25, 0.3) is 0 Å². The second-order valence-electron chi connectivity index (χ2n) is 5.88. The van der Waals surface area contributed by atoms with Crippen LogP contribution in [-0.2, 0) is 23.7 Å². The van der Waals surface area contributed by atoms with Gasteiger partial charge in [0, 0.05) is 0 Å². The minimum absolute atomic E-state index is 0.177. The second-order valence-corrected chi connectivity index (χ2v) is 6.38. The highest BCUT2D eigenvalue weighted by Gasteiger charge is 2.57. The first-order chi connectivity index (χ1) is 8.27. The van der Waals surface area contributed by atoms with Crippen molar-refractivity contribution in [2.75, 3.05) is 6.61 Å². The number of hydrogen-bond acceptors (Lipinski definition) is 5. The van der Waals surface area contributed by atoms with E-state index in [1.54, 1.807) is 0 Å². The van der Waals surface area contributed by atoms with Crippen LogP contribution in [0, 0.1) is 0 Å². The second kappa shape index (κ2) is 4.04. The van der Waals surface area contributed by atoms with Crippen LogP contribution in [0.2, 0.25) is 0 Å². The lowest BCUT2D eigenvalue weighted by Gasteiger charge is -2.26. The van der Waals surface area contributed by atoms with Crippen molar-refractivity contribution in [2.45, 2.75) is 69.2 Å². The summed E-state index contributed by atoms with van der Waals surface area (Å²) in [6, 6.07) is 0. The van der Waals surface area contributed by atoms with Gasteiger partial charge in [-0.1, -0.05) is 0 Å². The van der Waals surface area contributed by atoms with Crippen molar-refractivity contribution < 1.29 is 23.7 Å². The summed E-state index contributed by atoms with van der Waals surface area (Å²) < 4.78 is 28.5. The minimum atomic E-state index is -0.639. The first kappa shape index (κ1) is 13.1. The SMILES string of the molecule is CC1(C)OCC([C@H]2O[C@H]3OC(C)(C)O[C@H]3C2Cl)O1. The summed E-state index contributed by atoms with van der Waals surface area (Å²) in [5, 5.41) is -0.292. The standard InChI is InChI=1S/C12H19ClO5/c1-11(2)14-5-6(16-11)8-7(13)9-10(15-8)18-12(3,4)17-9/h6-10H,5H2,1-4H3/t6?,7?,8-,9+,10+/m1/s1. The molecule has 18 heavy (non-hydrogen) atoms. The van der Waals surface area contributed by atoms with Crippen LogP contribution in [0.3, 0.4) is 0 Å². The molecule has 0 saturated carbocycles. The molecule has 2 unspecified atom stereocenters. The van der Waals surface area contributed by atoms with Crippen molar-refractivity contribution in [3.63, 3.8) is 0 Å². The monoisotopic (exact) mass is 278 g/mol. The van der Waals surface area contributed by atoms with Gasteiger partial charge in [-0.3, -0.25) is 0 Å². The average Bonchev–Trinajstić information content (AvgIpc) is 2.81. The zero-order valence-electron chi connectivity index (χ0n) is 11.0. The maximum absolute atomic E-state index is 6.41. The summed E-state index contributed by atoms with van der Waals surface area (Å²) in [5.41, 5.74) is 0. The number of halogens is 1. The fraction of sp³-hybridized carbons (Fsp3) is 1.00. The molecule has 3 saturated heterocycles. The fourth-order valence-electron chi connectivity index (χ4n) is 2.67. The summed E-state index contributed by atoms with van der Waals surface area (Å²) in [7, 11) is 0. The van der Waals surface area contributed by atoms with E-state index < -0.39 is 17.9 Å². The third kappa shape index (κ3) is 2.17. The predicted octanol–water partition coefficient (Wildman–Crippen LogP) is 1.62. The predicted molar refractivity (Wildman–Crippen MR) is 63.2 cm³/mol. The van der Waals surface area contributed by atoms with E-state index in [4.69, 9.17) is 35.3 Å². The van der Waals surface area contributed by atoms with Crippen LogP contribution in [0.4, 0.5) is 0 Å². The van der Waals surface area contributed by atoms with Crippen molar-refractivity contribution in [1.82, 2.24) is 0 Å². The molecule has 3 aliphatic heterocycles. The number of fused-ring (bicyclic) bond motifs is 1. The van der Waals surface area contributed by atoms with E-state index in [0.717, 1.165) is 0 Å². The number of ether oxygens (including phenoxy) is 5.